The summed E-state index contributed by atoms with van der Waals surface area (Å²) in [6.45, 7) is 3.77. The minimum Gasteiger partial charge on any atom is -0.497 e. The van der Waals surface area contributed by atoms with Gasteiger partial charge in [0.25, 0.3) is 5.91 Å². The van der Waals surface area contributed by atoms with Crippen LogP contribution in [0.1, 0.15) is 24.2 Å². The molecular weight excluding hydrogens is 506 g/mol. The highest BCUT2D eigenvalue weighted by molar-refractivity contribution is 7.89. The number of ether oxygens (including phenoxy) is 2. The second-order valence-corrected chi connectivity index (χ2v) is 11.6. The van der Waals surface area contributed by atoms with E-state index in [1.807, 2.05) is 31.2 Å². The summed E-state index contributed by atoms with van der Waals surface area (Å²) in [7, 11) is -0.661. The molecule has 38 heavy (non-hydrogen) atoms. The Hall–Kier alpha value is -3.47. The van der Waals surface area contributed by atoms with Crippen LogP contribution in [-0.4, -0.2) is 79.6 Å². The molecule has 0 bridgehead atoms. The zero-order valence-electron chi connectivity index (χ0n) is 21.9. The Morgan fingerprint density at radius 3 is 2.58 bits per heavy atom. The van der Waals surface area contributed by atoms with Crippen molar-refractivity contribution in [2.45, 2.75) is 30.9 Å². The molecule has 4 rings (SSSR count). The predicted molar refractivity (Wildman–Crippen MR) is 144 cm³/mol. The van der Waals surface area contributed by atoms with E-state index in [9.17, 15) is 18.3 Å². The molecule has 0 aliphatic carbocycles. The van der Waals surface area contributed by atoms with Crippen molar-refractivity contribution in [3.8, 4) is 22.8 Å². The summed E-state index contributed by atoms with van der Waals surface area (Å²) in [5.74, 6) is 0.228. The molecule has 2 heterocycles. The maximum atomic E-state index is 13.7. The van der Waals surface area contributed by atoms with Gasteiger partial charge in [-0.25, -0.2) is 13.4 Å². The minimum atomic E-state index is -3.75. The van der Waals surface area contributed by atoms with Gasteiger partial charge in [0.15, 0.2) is 0 Å². The topological polar surface area (TPSA) is 109 Å². The van der Waals surface area contributed by atoms with Gasteiger partial charge in [-0.1, -0.05) is 37.3 Å². The molecule has 1 amide bonds. The molecule has 0 fully saturated rings. The minimum absolute atomic E-state index is 0.0483. The van der Waals surface area contributed by atoms with Gasteiger partial charge >= 0.3 is 0 Å². The van der Waals surface area contributed by atoms with Gasteiger partial charge in [-0.2, -0.15) is 4.31 Å². The maximum Gasteiger partial charge on any atom is 0.259 e. The van der Waals surface area contributed by atoms with Gasteiger partial charge in [-0.3, -0.25) is 4.79 Å². The fourth-order valence-corrected chi connectivity index (χ4v) is 5.61. The molecule has 9 nitrogen and oxygen atoms in total. The number of nitrogens with zero attached hydrogens (tertiary/aromatic N) is 3. The van der Waals surface area contributed by atoms with Crippen LogP contribution in [0.25, 0.3) is 11.1 Å². The van der Waals surface area contributed by atoms with Crippen LogP contribution >= 0.6 is 0 Å². The van der Waals surface area contributed by atoms with E-state index >= 15 is 0 Å². The van der Waals surface area contributed by atoms with Crippen molar-refractivity contribution in [1.29, 1.82) is 0 Å². The van der Waals surface area contributed by atoms with Crippen LogP contribution in [0.2, 0.25) is 0 Å². The van der Waals surface area contributed by atoms with Crippen molar-refractivity contribution >= 4 is 15.9 Å². The fourth-order valence-electron chi connectivity index (χ4n) is 4.40. The van der Waals surface area contributed by atoms with E-state index < -0.39 is 22.2 Å². The number of methoxy groups -OCH3 is 1. The van der Waals surface area contributed by atoms with E-state index in [0.29, 0.717) is 11.3 Å². The summed E-state index contributed by atoms with van der Waals surface area (Å²) in [5.41, 5.74) is 1.76. The van der Waals surface area contributed by atoms with Crippen LogP contribution in [0.15, 0.2) is 71.8 Å². The third-order valence-corrected chi connectivity index (χ3v) is 8.65. The molecule has 3 atom stereocenters. The molecular formula is C28H33N3O6S. The Morgan fingerprint density at radius 2 is 1.89 bits per heavy atom. The van der Waals surface area contributed by atoms with Crippen molar-refractivity contribution < 1.29 is 27.8 Å². The smallest absolute Gasteiger partial charge is 0.259 e. The fraction of sp³-hybridized carbons (Fsp3) is 0.357. The van der Waals surface area contributed by atoms with E-state index in [-0.39, 0.29) is 47.9 Å². The second kappa shape index (κ2) is 11.5. The number of carbonyl (C=O) groups excluding carboxylic acids is 1. The number of fused-ring (bicyclic) bond motifs is 1. The average molecular weight is 540 g/mol. The summed E-state index contributed by atoms with van der Waals surface area (Å²) < 4.78 is 39.2. The van der Waals surface area contributed by atoms with Gasteiger partial charge < -0.3 is 19.5 Å². The summed E-state index contributed by atoms with van der Waals surface area (Å²) in [4.78, 5) is 20.0. The first-order valence-electron chi connectivity index (χ1n) is 12.4. The molecule has 3 aromatic rings. The molecule has 0 spiro atoms. The van der Waals surface area contributed by atoms with Gasteiger partial charge in [-0.15, -0.1) is 0 Å². The van der Waals surface area contributed by atoms with Crippen LogP contribution in [0, 0.1) is 5.92 Å². The summed E-state index contributed by atoms with van der Waals surface area (Å²) in [5, 5.41) is 9.89. The largest absolute Gasteiger partial charge is 0.497 e. The SMILES string of the molecule is COc1cccc(-c2cnc3c(c2)C(=O)N([C@H](C)CO)C[C@H](C)[C@H](CN(C)S(=O)(=O)c2ccccc2)O3)c1. The molecule has 0 unspecified atom stereocenters. The Morgan fingerprint density at radius 1 is 1.16 bits per heavy atom. The number of aromatic nitrogens is 1. The predicted octanol–water partition coefficient (Wildman–Crippen LogP) is 3.30. The lowest BCUT2D eigenvalue weighted by molar-refractivity contribution is 0.0373. The number of aliphatic hydroxyl groups excluding tert-OH is 1. The highest BCUT2D eigenvalue weighted by Gasteiger charge is 2.36. The first kappa shape index (κ1) is 27.6. The van der Waals surface area contributed by atoms with Gasteiger partial charge in [0.2, 0.25) is 15.9 Å². The van der Waals surface area contributed by atoms with E-state index in [1.165, 1.54) is 11.4 Å². The summed E-state index contributed by atoms with van der Waals surface area (Å²) in [6.07, 6.45) is 1.02. The number of sulfonamides is 1. The highest BCUT2D eigenvalue weighted by Crippen LogP contribution is 2.32. The van der Waals surface area contributed by atoms with Gasteiger partial charge in [0, 0.05) is 31.3 Å². The Kier molecular flexibility index (Phi) is 8.35. The lowest BCUT2D eigenvalue weighted by Gasteiger charge is -2.37. The monoisotopic (exact) mass is 539 g/mol. The van der Waals surface area contributed by atoms with Gasteiger partial charge in [-0.05, 0) is 42.8 Å². The standard InChI is InChI=1S/C28H33N3O6S/c1-19-16-31(20(2)18-32)28(33)25-14-22(21-9-8-10-23(13-21)36-4)15-29-27(25)37-26(19)17-30(3)38(34,35)24-11-6-5-7-12-24/h5-15,19-20,26,32H,16-18H2,1-4H3/t19-,20+,26-/m0/s1. The molecule has 10 heteroatoms. The number of likely N-dealkylation sites (N-methyl/N-ethyl adjacent to an activating group) is 1. The number of hydrogen-bond donors (Lipinski definition) is 1. The molecule has 0 saturated heterocycles. The zero-order chi connectivity index (χ0) is 27.4. The Balaban J connectivity index is 1.72. The van der Waals surface area contributed by atoms with Crippen molar-refractivity contribution in [3.05, 3.63) is 72.4 Å². The van der Waals surface area contributed by atoms with Gasteiger partial charge in [0.1, 0.15) is 17.4 Å². The molecule has 1 N–H and O–H groups in total. The number of pyridine rings is 1. The number of amides is 1. The summed E-state index contributed by atoms with van der Waals surface area (Å²) in [6, 6.07) is 16.9. The van der Waals surface area contributed by atoms with E-state index in [0.717, 1.165) is 5.56 Å². The van der Waals surface area contributed by atoms with Crippen molar-refractivity contribution in [2.75, 3.05) is 33.9 Å². The number of carbonyl (C=O) groups is 1. The Labute approximate surface area is 223 Å². The van der Waals surface area contributed by atoms with Gasteiger partial charge in [0.05, 0.1) is 31.2 Å². The second-order valence-electron chi connectivity index (χ2n) is 9.53. The third kappa shape index (κ3) is 5.67. The van der Waals surface area contributed by atoms with Crippen LogP contribution in [0.4, 0.5) is 0 Å². The molecule has 0 saturated carbocycles. The van der Waals surface area contributed by atoms with Crippen LogP contribution in [0.3, 0.4) is 0 Å². The lowest BCUT2D eigenvalue weighted by atomic mass is 9.99. The molecule has 1 aromatic heterocycles. The van der Waals surface area contributed by atoms with E-state index in [1.54, 1.807) is 61.5 Å². The van der Waals surface area contributed by atoms with Crippen LogP contribution in [-0.2, 0) is 10.0 Å². The van der Waals surface area contributed by atoms with Crippen molar-refractivity contribution in [1.82, 2.24) is 14.2 Å². The first-order valence-corrected chi connectivity index (χ1v) is 13.8. The number of rotatable bonds is 8. The normalized spacial score (nSPS) is 18.8. The van der Waals surface area contributed by atoms with Crippen LogP contribution < -0.4 is 9.47 Å². The maximum absolute atomic E-state index is 13.7. The lowest BCUT2D eigenvalue weighted by Crippen LogP contribution is -2.50. The number of hydrogen-bond acceptors (Lipinski definition) is 7. The molecule has 2 aromatic carbocycles. The molecule has 1 aliphatic rings. The van der Waals surface area contributed by atoms with Crippen molar-refractivity contribution in [2.24, 2.45) is 5.92 Å². The van der Waals surface area contributed by atoms with E-state index in [4.69, 9.17) is 9.47 Å². The summed E-state index contributed by atoms with van der Waals surface area (Å²) >= 11 is 0. The molecule has 202 valence electrons. The van der Waals surface area contributed by atoms with Crippen molar-refractivity contribution in [3.63, 3.8) is 0 Å². The zero-order valence-corrected chi connectivity index (χ0v) is 22.8. The third-order valence-electron chi connectivity index (χ3n) is 6.81. The average Bonchev–Trinajstić information content (AvgIpc) is 2.94. The first-order chi connectivity index (χ1) is 18.1. The highest BCUT2D eigenvalue weighted by atomic mass is 32.2. The quantitative estimate of drug-likeness (QED) is 0.468. The number of benzene rings is 2. The molecule has 0 radical (unpaired) electrons. The number of aliphatic hydroxyl groups is 1. The Bertz CT molecular complexity index is 1380. The van der Waals surface area contributed by atoms with Crippen LogP contribution in [0.5, 0.6) is 11.6 Å². The molecule has 1 aliphatic heterocycles. The van der Waals surface area contributed by atoms with E-state index in [2.05, 4.69) is 4.98 Å².